The highest BCUT2D eigenvalue weighted by molar-refractivity contribution is 5.85. The third-order valence-electron chi connectivity index (χ3n) is 5.67. The fourth-order valence-electron chi connectivity index (χ4n) is 3.99. The molecule has 27 heavy (non-hydrogen) atoms. The minimum absolute atomic E-state index is 0. The highest BCUT2D eigenvalue weighted by atomic mass is 35.5. The first-order valence-corrected chi connectivity index (χ1v) is 9.55. The number of nitrogens with two attached hydrogens (primary N) is 1. The van der Waals surface area contributed by atoms with Crippen molar-refractivity contribution in [2.75, 3.05) is 19.8 Å². The molecular formula is C20H33Cl2N3O2. The normalized spacial score (nSPS) is 25.0. The van der Waals surface area contributed by atoms with E-state index in [0.29, 0.717) is 6.04 Å². The number of benzene rings is 1. The van der Waals surface area contributed by atoms with Crippen LogP contribution in [0.2, 0.25) is 0 Å². The van der Waals surface area contributed by atoms with Gasteiger partial charge in [0.05, 0.1) is 6.04 Å². The average Bonchev–Trinajstić information content (AvgIpc) is 2.65. The van der Waals surface area contributed by atoms with E-state index in [2.05, 4.69) is 47.5 Å². The summed E-state index contributed by atoms with van der Waals surface area (Å²) in [5.74, 6) is 0.268. The molecule has 2 saturated heterocycles. The standard InChI is InChI=1S/C20H31N3O2.2ClH/c1-15-13-18(7-10-23(15)14-16-5-3-2-4-6-16)22-20(24)19(21)17-8-11-25-12-9-17;;/h2-6,15,17-19H,7-14,21H2,1H3,(H,22,24);2*1H. The van der Waals surface area contributed by atoms with E-state index in [-0.39, 0.29) is 42.7 Å². The van der Waals surface area contributed by atoms with E-state index >= 15 is 0 Å². The molecule has 1 aromatic rings. The zero-order valence-electron chi connectivity index (χ0n) is 16.0. The molecule has 0 saturated carbocycles. The van der Waals surface area contributed by atoms with Gasteiger partial charge in [0.1, 0.15) is 0 Å². The number of amides is 1. The Bertz CT molecular complexity index is 555. The Morgan fingerprint density at radius 2 is 1.89 bits per heavy atom. The van der Waals surface area contributed by atoms with Crippen LogP contribution in [0, 0.1) is 5.92 Å². The molecule has 154 valence electrons. The van der Waals surface area contributed by atoms with Crippen molar-refractivity contribution in [1.82, 2.24) is 10.2 Å². The zero-order valence-corrected chi connectivity index (χ0v) is 17.6. The van der Waals surface area contributed by atoms with Crippen LogP contribution in [0.15, 0.2) is 30.3 Å². The number of nitrogens with zero attached hydrogens (tertiary/aromatic N) is 1. The molecule has 0 spiro atoms. The zero-order chi connectivity index (χ0) is 17.6. The van der Waals surface area contributed by atoms with Gasteiger partial charge in [0.25, 0.3) is 0 Å². The van der Waals surface area contributed by atoms with Crippen molar-refractivity contribution in [1.29, 1.82) is 0 Å². The van der Waals surface area contributed by atoms with Crippen LogP contribution in [0.4, 0.5) is 0 Å². The molecule has 2 heterocycles. The minimum Gasteiger partial charge on any atom is -0.381 e. The van der Waals surface area contributed by atoms with Gasteiger partial charge in [0.15, 0.2) is 0 Å². The Balaban J connectivity index is 0.00000182. The third kappa shape index (κ3) is 6.91. The van der Waals surface area contributed by atoms with E-state index in [1.807, 2.05) is 0 Å². The molecule has 3 N–H and O–H groups in total. The second-order valence-corrected chi connectivity index (χ2v) is 7.51. The summed E-state index contributed by atoms with van der Waals surface area (Å²) >= 11 is 0. The number of carbonyl (C=O) groups excluding carboxylic acids is 1. The number of rotatable bonds is 5. The van der Waals surface area contributed by atoms with E-state index in [1.54, 1.807) is 0 Å². The van der Waals surface area contributed by atoms with Crippen LogP contribution in [0.3, 0.4) is 0 Å². The second-order valence-electron chi connectivity index (χ2n) is 7.51. The van der Waals surface area contributed by atoms with Crippen molar-refractivity contribution >= 4 is 30.7 Å². The van der Waals surface area contributed by atoms with Gasteiger partial charge in [0.2, 0.25) is 5.91 Å². The molecule has 0 radical (unpaired) electrons. The van der Waals surface area contributed by atoms with Crippen LogP contribution in [0.5, 0.6) is 0 Å². The van der Waals surface area contributed by atoms with Crippen molar-refractivity contribution in [3.8, 4) is 0 Å². The van der Waals surface area contributed by atoms with Gasteiger partial charge in [-0.15, -0.1) is 24.8 Å². The third-order valence-corrected chi connectivity index (χ3v) is 5.67. The summed E-state index contributed by atoms with van der Waals surface area (Å²) in [6.45, 7) is 5.68. The molecule has 2 aliphatic heterocycles. The first-order chi connectivity index (χ1) is 12.1. The van der Waals surface area contributed by atoms with Gasteiger partial charge >= 0.3 is 0 Å². The molecule has 0 bridgehead atoms. The van der Waals surface area contributed by atoms with Crippen LogP contribution >= 0.6 is 24.8 Å². The van der Waals surface area contributed by atoms with E-state index < -0.39 is 6.04 Å². The number of nitrogens with one attached hydrogen (secondary N) is 1. The van der Waals surface area contributed by atoms with Gasteiger partial charge < -0.3 is 15.8 Å². The number of likely N-dealkylation sites (tertiary alicyclic amines) is 1. The van der Waals surface area contributed by atoms with Crippen LogP contribution in [0.25, 0.3) is 0 Å². The molecule has 1 amide bonds. The van der Waals surface area contributed by atoms with E-state index in [9.17, 15) is 4.79 Å². The fourth-order valence-corrected chi connectivity index (χ4v) is 3.99. The second kappa shape index (κ2) is 11.9. The predicted octanol–water partition coefficient (Wildman–Crippen LogP) is 2.75. The number of hydrogen-bond donors (Lipinski definition) is 2. The maximum atomic E-state index is 12.5. The van der Waals surface area contributed by atoms with Crippen LogP contribution < -0.4 is 11.1 Å². The molecule has 2 aliphatic rings. The lowest BCUT2D eigenvalue weighted by molar-refractivity contribution is -0.125. The molecule has 3 rings (SSSR count). The molecule has 0 aromatic heterocycles. The van der Waals surface area contributed by atoms with Crippen molar-refractivity contribution < 1.29 is 9.53 Å². The maximum absolute atomic E-state index is 12.5. The Hall–Kier alpha value is -0.850. The van der Waals surface area contributed by atoms with Gasteiger partial charge in [-0.05, 0) is 44.1 Å². The Morgan fingerprint density at radius 1 is 1.22 bits per heavy atom. The number of halogens is 2. The predicted molar refractivity (Wildman–Crippen MR) is 113 cm³/mol. The lowest BCUT2D eigenvalue weighted by Crippen LogP contribution is -2.54. The van der Waals surface area contributed by atoms with Gasteiger partial charge in [-0.25, -0.2) is 0 Å². The Kier molecular flexibility index (Phi) is 10.6. The summed E-state index contributed by atoms with van der Waals surface area (Å²) < 4.78 is 5.36. The van der Waals surface area contributed by atoms with E-state index in [4.69, 9.17) is 10.5 Å². The molecule has 7 heteroatoms. The fraction of sp³-hybridized carbons (Fsp3) is 0.650. The highest BCUT2D eigenvalue weighted by Gasteiger charge is 2.30. The van der Waals surface area contributed by atoms with Gasteiger partial charge in [-0.1, -0.05) is 30.3 Å². The minimum atomic E-state index is -0.401. The van der Waals surface area contributed by atoms with Crippen LogP contribution in [-0.4, -0.2) is 48.7 Å². The number of carbonyl (C=O) groups is 1. The summed E-state index contributed by atoms with van der Waals surface area (Å²) in [6, 6.07) is 10.9. The smallest absolute Gasteiger partial charge is 0.237 e. The lowest BCUT2D eigenvalue weighted by atomic mass is 9.91. The first kappa shape index (κ1) is 24.2. The Labute approximate surface area is 175 Å². The lowest BCUT2D eigenvalue weighted by Gasteiger charge is -2.38. The number of hydrogen-bond acceptors (Lipinski definition) is 4. The van der Waals surface area contributed by atoms with E-state index in [0.717, 1.165) is 52.0 Å². The Morgan fingerprint density at radius 3 is 2.52 bits per heavy atom. The van der Waals surface area contributed by atoms with Crippen LogP contribution in [0.1, 0.15) is 38.2 Å². The van der Waals surface area contributed by atoms with Gasteiger partial charge in [-0.2, -0.15) is 0 Å². The van der Waals surface area contributed by atoms with Gasteiger partial charge in [-0.3, -0.25) is 9.69 Å². The summed E-state index contributed by atoms with van der Waals surface area (Å²) in [5, 5.41) is 3.20. The first-order valence-electron chi connectivity index (χ1n) is 9.55. The van der Waals surface area contributed by atoms with Crippen LogP contribution in [-0.2, 0) is 16.1 Å². The van der Waals surface area contributed by atoms with Crippen molar-refractivity contribution in [3.63, 3.8) is 0 Å². The number of ether oxygens (including phenoxy) is 1. The van der Waals surface area contributed by atoms with Crippen molar-refractivity contribution in [3.05, 3.63) is 35.9 Å². The molecule has 0 aliphatic carbocycles. The van der Waals surface area contributed by atoms with Crippen molar-refractivity contribution in [2.45, 2.75) is 57.3 Å². The SMILES string of the molecule is CC1CC(NC(=O)C(N)C2CCOCC2)CCN1Cc1ccccc1.Cl.Cl. The molecule has 2 fully saturated rings. The molecule has 5 nitrogen and oxygen atoms in total. The maximum Gasteiger partial charge on any atom is 0.237 e. The quantitative estimate of drug-likeness (QED) is 0.772. The summed E-state index contributed by atoms with van der Waals surface area (Å²) in [6.07, 6.45) is 3.75. The van der Waals surface area contributed by atoms with Gasteiger partial charge in [0, 0.05) is 38.4 Å². The summed E-state index contributed by atoms with van der Waals surface area (Å²) in [4.78, 5) is 15.0. The van der Waals surface area contributed by atoms with Crippen molar-refractivity contribution in [2.24, 2.45) is 11.7 Å². The molecule has 1 aromatic carbocycles. The molecular weight excluding hydrogens is 385 g/mol. The largest absolute Gasteiger partial charge is 0.381 e. The average molecular weight is 418 g/mol. The number of piperidine rings is 1. The summed E-state index contributed by atoms with van der Waals surface area (Å²) in [5.41, 5.74) is 7.54. The molecule has 3 unspecified atom stereocenters. The topological polar surface area (TPSA) is 67.6 Å². The highest BCUT2D eigenvalue weighted by Crippen LogP contribution is 2.21. The monoisotopic (exact) mass is 417 g/mol. The molecule has 3 atom stereocenters. The van der Waals surface area contributed by atoms with E-state index in [1.165, 1.54) is 5.56 Å². The summed E-state index contributed by atoms with van der Waals surface area (Å²) in [7, 11) is 0.